The number of carbonyl (C=O) groups excluding carboxylic acids is 2. The van der Waals surface area contributed by atoms with Gasteiger partial charge in [-0.2, -0.15) is 0 Å². The van der Waals surface area contributed by atoms with Crippen molar-refractivity contribution in [3.63, 3.8) is 0 Å². The molecule has 0 saturated carbocycles. The third-order valence-electron chi connectivity index (χ3n) is 2.51. The summed E-state index contributed by atoms with van der Waals surface area (Å²) in [5.41, 5.74) is 5.33. The van der Waals surface area contributed by atoms with Gasteiger partial charge >= 0.3 is 5.97 Å². The summed E-state index contributed by atoms with van der Waals surface area (Å²) in [6.45, 7) is 4.17. The fourth-order valence-corrected chi connectivity index (χ4v) is 1.24. The highest BCUT2D eigenvalue weighted by Crippen LogP contribution is 2.03. The molecule has 0 radical (unpaired) electrons. The molecule has 0 aromatic heterocycles. The minimum atomic E-state index is -1.17. The third-order valence-corrected chi connectivity index (χ3v) is 2.51. The van der Waals surface area contributed by atoms with Gasteiger partial charge in [-0.05, 0) is 12.8 Å². The predicted octanol–water partition coefficient (Wildman–Crippen LogP) is -1.96. The minimum absolute atomic E-state index is 0.254. The number of aliphatic hydroxyl groups is 1. The first-order valence-electron chi connectivity index (χ1n) is 5.90. The fraction of sp³-hybridized carbons (Fsp3) is 0.727. The second kappa shape index (κ2) is 7.70. The van der Waals surface area contributed by atoms with Gasteiger partial charge in [-0.15, -0.1) is 0 Å². The summed E-state index contributed by atoms with van der Waals surface area (Å²) in [6.07, 6.45) is 0. The van der Waals surface area contributed by atoms with Crippen LogP contribution >= 0.6 is 0 Å². The number of carbonyl (C=O) groups is 3. The van der Waals surface area contributed by atoms with E-state index >= 15 is 0 Å². The fourth-order valence-electron chi connectivity index (χ4n) is 1.24. The molecule has 0 spiro atoms. The standard InChI is InChI=1S/C11H21N3O5/c1-5(2)8(14-9(16)7(12)4-15)10(17)13-6(3)11(18)19/h5-8,15H,4,12H2,1-3H3,(H,13,17)(H,14,16)(H,18,19). The Bertz CT molecular complexity index is 345. The molecule has 8 nitrogen and oxygen atoms in total. The summed E-state index contributed by atoms with van der Waals surface area (Å²) in [5, 5.41) is 22.1. The second-order valence-electron chi connectivity index (χ2n) is 4.59. The summed E-state index contributed by atoms with van der Waals surface area (Å²) in [6, 6.07) is -3.09. The van der Waals surface area contributed by atoms with Crippen molar-refractivity contribution >= 4 is 17.8 Å². The maximum absolute atomic E-state index is 11.9. The molecule has 2 amide bonds. The van der Waals surface area contributed by atoms with Crippen LogP contribution in [-0.4, -0.2) is 52.7 Å². The highest BCUT2D eigenvalue weighted by Gasteiger charge is 2.28. The Balaban J connectivity index is 4.69. The van der Waals surface area contributed by atoms with Crippen molar-refractivity contribution in [3.05, 3.63) is 0 Å². The Morgan fingerprint density at radius 1 is 1.11 bits per heavy atom. The summed E-state index contributed by atoms with van der Waals surface area (Å²) in [5.74, 6) is -2.70. The van der Waals surface area contributed by atoms with E-state index in [9.17, 15) is 14.4 Å². The van der Waals surface area contributed by atoms with Gasteiger partial charge in [-0.25, -0.2) is 0 Å². The van der Waals surface area contributed by atoms with Crippen LogP contribution in [0.4, 0.5) is 0 Å². The van der Waals surface area contributed by atoms with Gasteiger partial charge in [-0.3, -0.25) is 14.4 Å². The molecular formula is C11H21N3O5. The van der Waals surface area contributed by atoms with E-state index in [1.165, 1.54) is 6.92 Å². The van der Waals surface area contributed by atoms with Crippen LogP contribution in [0.3, 0.4) is 0 Å². The predicted molar refractivity (Wildman–Crippen MR) is 67.1 cm³/mol. The zero-order valence-electron chi connectivity index (χ0n) is 11.2. The molecule has 0 aliphatic rings. The first-order valence-corrected chi connectivity index (χ1v) is 5.90. The Hall–Kier alpha value is -1.67. The van der Waals surface area contributed by atoms with Crippen LogP contribution in [0.2, 0.25) is 0 Å². The first kappa shape index (κ1) is 17.3. The average molecular weight is 275 g/mol. The van der Waals surface area contributed by atoms with Gasteiger partial charge in [-0.1, -0.05) is 13.8 Å². The number of aliphatic hydroxyl groups excluding tert-OH is 1. The summed E-state index contributed by atoms with van der Waals surface area (Å²) in [7, 11) is 0. The third kappa shape index (κ3) is 5.66. The molecule has 0 aliphatic carbocycles. The maximum Gasteiger partial charge on any atom is 0.325 e. The SMILES string of the molecule is CC(NC(=O)C(NC(=O)C(N)CO)C(C)C)C(=O)O. The van der Waals surface area contributed by atoms with Gasteiger partial charge in [0, 0.05) is 0 Å². The van der Waals surface area contributed by atoms with Gasteiger partial charge in [0.15, 0.2) is 0 Å². The Kier molecular flexibility index (Phi) is 7.02. The average Bonchev–Trinajstić information content (AvgIpc) is 2.33. The van der Waals surface area contributed by atoms with Crippen molar-refractivity contribution in [2.45, 2.75) is 38.9 Å². The number of carboxylic acids is 1. The molecule has 0 bridgehead atoms. The lowest BCUT2D eigenvalue weighted by Crippen LogP contribution is -2.56. The van der Waals surface area contributed by atoms with E-state index in [-0.39, 0.29) is 5.92 Å². The van der Waals surface area contributed by atoms with Crippen LogP contribution in [0.1, 0.15) is 20.8 Å². The van der Waals surface area contributed by atoms with Crippen LogP contribution < -0.4 is 16.4 Å². The van der Waals surface area contributed by atoms with Crippen molar-refractivity contribution in [2.75, 3.05) is 6.61 Å². The Morgan fingerprint density at radius 3 is 2.00 bits per heavy atom. The van der Waals surface area contributed by atoms with Crippen molar-refractivity contribution in [3.8, 4) is 0 Å². The Morgan fingerprint density at radius 2 is 1.63 bits per heavy atom. The molecule has 0 aliphatic heterocycles. The summed E-state index contributed by atoms with van der Waals surface area (Å²) < 4.78 is 0. The normalized spacial score (nSPS) is 15.5. The van der Waals surface area contributed by atoms with E-state index in [2.05, 4.69) is 10.6 Å². The van der Waals surface area contributed by atoms with Crippen molar-refractivity contribution in [1.82, 2.24) is 10.6 Å². The number of amides is 2. The maximum atomic E-state index is 11.9. The van der Waals surface area contributed by atoms with Gasteiger partial charge in [0.1, 0.15) is 18.1 Å². The van der Waals surface area contributed by atoms with Crippen LogP contribution in [-0.2, 0) is 14.4 Å². The van der Waals surface area contributed by atoms with Crippen molar-refractivity contribution in [1.29, 1.82) is 0 Å². The van der Waals surface area contributed by atoms with E-state index in [4.69, 9.17) is 15.9 Å². The molecule has 110 valence electrons. The van der Waals surface area contributed by atoms with E-state index < -0.39 is 42.5 Å². The zero-order valence-corrected chi connectivity index (χ0v) is 11.2. The molecule has 19 heavy (non-hydrogen) atoms. The zero-order chi connectivity index (χ0) is 15.2. The highest BCUT2D eigenvalue weighted by molar-refractivity contribution is 5.91. The van der Waals surface area contributed by atoms with E-state index in [0.29, 0.717) is 0 Å². The van der Waals surface area contributed by atoms with Gasteiger partial charge in [0.05, 0.1) is 6.61 Å². The summed E-state index contributed by atoms with van der Waals surface area (Å²) in [4.78, 5) is 34.0. The monoisotopic (exact) mass is 275 g/mol. The molecule has 0 fully saturated rings. The molecule has 0 saturated heterocycles. The number of carboxylic acid groups (broad SMARTS) is 1. The van der Waals surface area contributed by atoms with E-state index in [0.717, 1.165) is 0 Å². The number of rotatable bonds is 7. The lowest BCUT2D eigenvalue weighted by atomic mass is 10.0. The van der Waals surface area contributed by atoms with E-state index in [1.54, 1.807) is 13.8 Å². The van der Waals surface area contributed by atoms with Crippen LogP contribution in [0, 0.1) is 5.92 Å². The molecule has 3 atom stereocenters. The molecule has 0 aromatic rings. The lowest BCUT2D eigenvalue weighted by Gasteiger charge is -2.24. The van der Waals surface area contributed by atoms with Crippen LogP contribution in [0.5, 0.6) is 0 Å². The number of nitrogens with two attached hydrogens (primary N) is 1. The van der Waals surface area contributed by atoms with Crippen molar-refractivity contribution in [2.24, 2.45) is 11.7 Å². The van der Waals surface area contributed by atoms with Gasteiger partial charge in [0.25, 0.3) is 0 Å². The molecule has 0 aromatic carbocycles. The van der Waals surface area contributed by atoms with E-state index in [1.807, 2.05) is 0 Å². The molecule has 0 heterocycles. The number of aliphatic carboxylic acids is 1. The van der Waals surface area contributed by atoms with Crippen molar-refractivity contribution < 1.29 is 24.6 Å². The molecule has 3 unspecified atom stereocenters. The molecule has 6 N–H and O–H groups in total. The van der Waals surface area contributed by atoms with Gasteiger partial charge in [0.2, 0.25) is 11.8 Å². The number of hydrogen-bond acceptors (Lipinski definition) is 5. The second-order valence-corrected chi connectivity index (χ2v) is 4.59. The lowest BCUT2D eigenvalue weighted by molar-refractivity contribution is -0.142. The first-order chi connectivity index (χ1) is 8.70. The molecule has 8 heteroatoms. The van der Waals surface area contributed by atoms with Gasteiger partial charge < -0.3 is 26.6 Å². The topological polar surface area (TPSA) is 142 Å². The number of nitrogens with one attached hydrogen (secondary N) is 2. The molecule has 0 rings (SSSR count). The van der Waals surface area contributed by atoms with Crippen LogP contribution in [0.25, 0.3) is 0 Å². The smallest absolute Gasteiger partial charge is 0.325 e. The minimum Gasteiger partial charge on any atom is -0.480 e. The quantitative estimate of drug-likeness (QED) is 0.365. The van der Waals surface area contributed by atoms with Crippen LogP contribution in [0.15, 0.2) is 0 Å². The summed E-state index contributed by atoms with van der Waals surface area (Å²) >= 11 is 0. The molecular weight excluding hydrogens is 254 g/mol. The highest BCUT2D eigenvalue weighted by atomic mass is 16.4. The largest absolute Gasteiger partial charge is 0.480 e. The number of hydrogen-bond donors (Lipinski definition) is 5. The Labute approximate surface area is 111 Å².